The summed E-state index contributed by atoms with van der Waals surface area (Å²) in [4.78, 5) is 24.2. The van der Waals surface area contributed by atoms with Crippen molar-refractivity contribution >= 4 is 13.8 Å². The zero-order valence-electron chi connectivity index (χ0n) is 20.9. The molecular weight excluding hydrogens is 487 g/mol. The molecule has 1 aliphatic carbocycles. The molecule has 0 aliphatic heterocycles. The SMILES string of the molecule is CCCCC/C=C/C/C=C/C/C=C/C/C=C/CCCC(=O)[C@@]1(O)[C@@H](O)[C@H](O)[C@@H](O)[C@@H](O)[C@@]1(O)[P+](=O)[O-]. The summed E-state index contributed by atoms with van der Waals surface area (Å²) in [6.07, 6.45) is 14.1. The fourth-order valence-electron chi connectivity index (χ4n) is 4.05. The van der Waals surface area contributed by atoms with Crippen LogP contribution in [-0.2, 0) is 9.36 Å². The lowest BCUT2D eigenvalue weighted by Crippen LogP contribution is -2.79. The van der Waals surface area contributed by atoms with Gasteiger partial charge in [-0.15, -0.1) is 0 Å². The van der Waals surface area contributed by atoms with Gasteiger partial charge in [0.05, 0.1) is 0 Å². The first kappa shape index (κ1) is 32.5. The van der Waals surface area contributed by atoms with E-state index in [-0.39, 0.29) is 6.42 Å². The van der Waals surface area contributed by atoms with Gasteiger partial charge in [0, 0.05) is 6.42 Å². The van der Waals surface area contributed by atoms with E-state index < -0.39 is 55.6 Å². The molecule has 0 saturated heterocycles. The van der Waals surface area contributed by atoms with Gasteiger partial charge in [0.15, 0.2) is 11.9 Å². The molecule has 1 saturated carbocycles. The minimum Gasteiger partial charge on any atom is -0.593 e. The largest absolute Gasteiger partial charge is 0.593 e. The number of carbonyl (C=O) groups is 1. The van der Waals surface area contributed by atoms with Gasteiger partial charge in [-0.3, -0.25) is 4.79 Å². The zero-order valence-corrected chi connectivity index (χ0v) is 21.7. The third-order valence-electron chi connectivity index (χ3n) is 6.33. The summed E-state index contributed by atoms with van der Waals surface area (Å²) in [5, 5.41) is 57.2. The van der Waals surface area contributed by atoms with Crippen LogP contribution in [0.1, 0.15) is 71.1 Å². The van der Waals surface area contributed by atoms with Crippen molar-refractivity contribution in [3.8, 4) is 0 Å². The third-order valence-corrected chi connectivity index (χ3v) is 7.50. The van der Waals surface area contributed by atoms with Crippen LogP contribution < -0.4 is 4.89 Å². The number of allylic oxidation sites excluding steroid dienone is 8. The molecule has 6 N–H and O–H groups in total. The minimum absolute atomic E-state index is 0.156. The molecule has 1 fully saturated rings. The highest BCUT2D eigenvalue weighted by atomic mass is 31.1. The van der Waals surface area contributed by atoms with Crippen LogP contribution in [0.4, 0.5) is 0 Å². The quantitative estimate of drug-likeness (QED) is 0.0987. The number of unbranched alkanes of at least 4 members (excludes halogenated alkanes) is 4. The van der Waals surface area contributed by atoms with Gasteiger partial charge in [-0.2, -0.15) is 0 Å². The Labute approximate surface area is 214 Å². The van der Waals surface area contributed by atoms with Crippen LogP contribution in [0.2, 0.25) is 0 Å². The van der Waals surface area contributed by atoms with E-state index in [1.54, 1.807) is 6.08 Å². The molecule has 1 unspecified atom stereocenters. The van der Waals surface area contributed by atoms with Crippen molar-refractivity contribution in [2.75, 3.05) is 0 Å². The molecule has 0 radical (unpaired) electrons. The van der Waals surface area contributed by atoms with Crippen molar-refractivity contribution in [3.05, 3.63) is 48.6 Å². The predicted octanol–water partition coefficient (Wildman–Crippen LogP) is 1.68. The number of hydrogen-bond donors (Lipinski definition) is 6. The standard InChI is InChI=1S/C26H41O9P/c1-2-3-4-5-6-7-8-9-10-11-12-13-14-15-16-17-18-19-20(27)25(32)23(30)21(28)22(29)24(31)26(25,33)36(34)35/h6-7,9-10,12-13,15-16,21-24,28-33H,2-5,8,11,14,17-19H2,1H3/b7-6+,10-9+,13-12+,16-15+/t21-,22-,23+,24-,25-,26-/m1/s1. The molecule has 0 aromatic carbocycles. The van der Waals surface area contributed by atoms with E-state index in [1.165, 1.54) is 19.3 Å². The van der Waals surface area contributed by atoms with Crippen LogP contribution >= 0.6 is 8.03 Å². The Bertz CT molecular complexity index is 809. The molecule has 9 nitrogen and oxygen atoms in total. The van der Waals surface area contributed by atoms with Gasteiger partial charge in [0.2, 0.25) is 5.60 Å². The minimum atomic E-state index is -4.10. The highest BCUT2D eigenvalue weighted by molar-refractivity contribution is 7.38. The van der Waals surface area contributed by atoms with Crippen molar-refractivity contribution in [1.82, 2.24) is 0 Å². The Morgan fingerprint density at radius 1 is 0.778 bits per heavy atom. The molecule has 0 heterocycles. The van der Waals surface area contributed by atoms with Crippen LogP contribution in [0, 0.1) is 0 Å². The van der Waals surface area contributed by atoms with Crippen LogP contribution in [0.3, 0.4) is 0 Å². The summed E-state index contributed by atoms with van der Waals surface area (Å²) >= 11 is 0. The fraction of sp³-hybridized carbons (Fsp3) is 0.654. The maximum absolute atomic E-state index is 12.6. The van der Waals surface area contributed by atoms with Gasteiger partial charge in [0.25, 0.3) is 0 Å². The van der Waals surface area contributed by atoms with Crippen molar-refractivity contribution in [2.24, 2.45) is 0 Å². The second-order valence-electron chi connectivity index (χ2n) is 9.02. The van der Waals surface area contributed by atoms with Crippen LogP contribution in [0.5, 0.6) is 0 Å². The lowest BCUT2D eigenvalue weighted by molar-refractivity contribution is -0.289. The van der Waals surface area contributed by atoms with Gasteiger partial charge in [-0.1, -0.05) is 72.9 Å². The van der Waals surface area contributed by atoms with Crippen LogP contribution in [0.25, 0.3) is 0 Å². The van der Waals surface area contributed by atoms with Crippen LogP contribution in [0.15, 0.2) is 48.6 Å². The normalized spacial score (nSPS) is 31.8. The third kappa shape index (κ3) is 8.23. The van der Waals surface area contributed by atoms with E-state index in [2.05, 4.69) is 31.2 Å². The van der Waals surface area contributed by atoms with Gasteiger partial charge in [-0.05, 0) is 44.9 Å². The van der Waals surface area contributed by atoms with E-state index >= 15 is 0 Å². The number of ketones is 1. The van der Waals surface area contributed by atoms with E-state index in [9.17, 15) is 44.9 Å². The highest BCUT2D eigenvalue weighted by Crippen LogP contribution is 2.50. The average Bonchev–Trinajstić information content (AvgIpc) is 2.86. The summed E-state index contributed by atoms with van der Waals surface area (Å²) in [6.45, 7) is 2.19. The second-order valence-corrected chi connectivity index (χ2v) is 10.2. The molecule has 204 valence electrons. The average molecular weight is 529 g/mol. The molecule has 7 atom stereocenters. The van der Waals surface area contributed by atoms with Crippen molar-refractivity contribution in [1.29, 1.82) is 0 Å². The number of aliphatic hydroxyl groups excluding tert-OH is 4. The predicted molar refractivity (Wildman–Crippen MR) is 135 cm³/mol. The first-order valence-electron chi connectivity index (χ1n) is 12.5. The Hall–Kier alpha value is -1.55. The topological polar surface area (TPSA) is 179 Å². The van der Waals surface area contributed by atoms with E-state index in [1.807, 2.05) is 18.2 Å². The Kier molecular flexibility index (Phi) is 14.7. The summed E-state index contributed by atoms with van der Waals surface area (Å²) < 4.78 is 11.6. The first-order chi connectivity index (χ1) is 17.1. The summed E-state index contributed by atoms with van der Waals surface area (Å²) in [7, 11) is -4.10. The van der Waals surface area contributed by atoms with E-state index in [4.69, 9.17) is 0 Å². The summed E-state index contributed by atoms with van der Waals surface area (Å²) in [5.74, 6) is -1.27. The molecule has 0 bridgehead atoms. The molecule has 1 rings (SSSR count). The number of Topliss-reactive ketones (excluding diaryl/α,β-unsaturated/α-hetero) is 1. The number of rotatable bonds is 16. The van der Waals surface area contributed by atoms with E-state index in [0.29, 0.717) is 12.8 Å². The van der Waals surface area contributed by atoms with Crippen molar-refractivity contribution in [3.63, 3.8) is 0 Å². The molecule has 10 heteroatoms. The number of hydrogen-bond acceptors (Lipinski definition) is 9. The second kappa shape index (κ2) is 16.3. The highest BCUT2D eigenvalue weighted by Gasteiger charge is 2.77. The van der Waals surface area contributed by atoms with Crippen molar-refractivity contribution in [2.45, 2.75) is 106 Å². The van der Waals surface area contributed by atoms with E-state index in [0.717, 1.165) is 19.3 Å². The fourth-order valence-corrected chi connectivity index (χ4v) is 4.96. The Morgan fingerprint density at radius 3 is 1.69 bits per heavy atom. The first-order valence-corrected chi connectivity index (χ1v) is 13.7. The lowest BCUT2D eigenvalue weighted by Gasteiger charge is -2.48. The summed E-state index contributed by atoms with van der Waals surface area (Å²) in [6, 6.07) is 0. The lowest BCUT2D eigenvalue weighted by atomic mass is 9.71. The summed E-state index contributed by atoms with van der Waals surface area (Å²) in [5.41, 5.74) is -3.40. The molecule has 0 spiro atoms. The molecular formula is C26H41O9P. The number of aliphatic hydroxyl groups is 6. The monoisotopic (exact) mass is 528 g/mol. The number of carbonyl (C=O) groups excluding carboxylic acids is 1. The molecule has 0 aromatic rings. The maximum atomic E-state index is 12.6. The Balaban J connectivity index is 2.43. The zero-order chi connectivity index (χ0) is 27.2. The maximum Gasteiger partial charge on any atom is 0.351 e. The smallest absolute Gasteiger partial charge is 0.351 e. The van der Waals surface area contributed by atoms with Gasteiger partial charge >= 0.3 is 13.4 Å². The molecule has 1 aliphatic rings. The van der Waals surface area contributed by atoms with Gasteiger partial charge < -0.3 is 35.5 Å². The molecule has 0 amide bonds. The van der Waals surface area contributed by atoms with Gasteiger partial charge in [0.1, 0.15) is 18.3 Å². The molecule has 0 aromatic heterocycles. The van der Waals surface area contributed by atoms with Crippen molar-refractivity contribution < 1.29 is 44.9 Å². The van der Waals surface area contributed by atoms with Crippen LogP contribution in [-0.4, -0.2) is 71.8 Å². The van der Waals surface area contributed by atoms with Gasteiger partial charge in [-0.25, -0.2) is 0 Å². The molecule has 36 heavy (non-hydrogen) atoms. The Morgan fingerprint density at radius 2 is 1.22 bits per heavy atom.